The molecular formula is C31H30O6. The molecule has 6 heteroatoms. The van der Waals surface area contributed by atoms with Gasteiger partial charge >= 0.3 is 5.97 Å². The van der Waals surface area contributed by atoms with E-state index in [1.807, 2.05) is 97.9 Å². The molecule has 0 aliphatic rings. The molecular weight excluding hydrogens is 468 g/mol. The van der Waals surface area contributed by atoms with Crippen LogP contribution in [0.5, 0.6) is 34.5 Å². The molecule has 6 nitrogen and oxygen atoms in total. The van der Waals surface area contributed by atoms with Crippen LogP contribution in [0, 0.1) is 0 Å². The van der Waals surface area contributed by atoms with E-state index in [0.717, 1.165) is 17.7 Å². The van der Waals surface area contributed by atoms with Crippen molar-refractivity contribution < 1.29 is 28.5 Å². The number of rotatable bonds is 12. The Balaban J connectivity index is 1.49. The van der Waals surface area contributed by atoms with E-state index in [-0.39, 0.29) is 6.42 Å². The molecule has 0 spiro atoms. The van der Waals surface area contributed by atoms with Gasteiger partial charge in [-0.15, -0.1) is 0 Å². The fraction of sp³-hybridized carbons (Fsp3) is 0.194. The van der Waals surface area contributed by atoms with Crippen LogP contribution in [0.1, 0.15) is 18.9 Å². The van der Waals surface area contributed by atoms with Gasteiger partial charge in [0.15, 0.2) is 6.10 Å². The third-order valence-corrected chi connectivity index (χ3v) is 5.43. The van der Waals surface area contributed by atoms with Gasteiger partial charge in [0, 0.05) is 12.5 Å². The van der Waals surface area contributed by atoms with Crippen molar-refractivity contribution in [3.63, 3.8) is 0 Å². The predicted octanol–water partition coefficient (Wildman–Crippen LogP) is 7.22. The van der Waals surface area contributed by atoms with Gasteiger partial charge in [-0.3, -0.25) is 0 Å². The molecule has 0 radical (unpaired) electrons. The molecule has 4 aromatic rings. The largest absolute Gasteiger partial charge is 0.493 e. The molecule has 4 aromatic carbocycles. The maximum Gasteiger partial charge on any atom is 0.347 e. The highest BCUT2D eigenvalue weighted by atomic mass is 16.6. The number of carbonyl (C=O) groups is 1. The number of esters is 1. The van der Waals surface area contributed by atoms with Crippen molar-refractivity contribution in [2.24, 2.45) is 0 Å². The van der Waals surface area contributed by atoms with Crippen LogP contribution < -0.4 is 18.9 Å². The first-order valence-electron chi connectivity index (χ1n) is 12.2. The SMILES string of the molecule is CCCOc1cc(Oc2ccc(Oc3ccccc3)cc2)ccc1CC(Oc1ccccc1)C(=O)OC. The first-order chi connectivity index (χ1) is 18.1. The molecule has 0 fully saturated rings. The molecule has 0 heterocycles. The number of hydrogen-bond donors (Lipinski definition) is 0. The molecule has 0 N–H and O–H groups in total. The van der Waals surface area contributed by atoms with Crippen molar-refractivity contribution in [3.05, 3.63) is 109 Å². The predicted molar refractivity (Wildman–Crippen MR) is 142 cm³/mol. The number of ether oxygens (including phenoxy) is 5. The van der Waals surface area contributed by atoms with Gasteiger partial charge < -0.3 is 23.7 Å². The Morgan fingerprint density at radius 2 is 1.24 bits per heavy atom. The molecule has 0 saturated carbocycles. The zero-order valence-corrected chi connectivity index (χ0v) is 21.0. The summed E-state index contributed by atoms with van der Waals surface area (Å²) in [4.78, 5) is 12.5. The molecule has 190 valence electrons. The van der Waals surface area contributed by atoms with Gasteiger partial charge in [0.05, 0.1) is 13.7 Å². The summed E-state index contributed by atoms with van der Waals surface area (Å²) in [6.45, 7) is 2.57. The first-order valence-corrected chi connectivity index (χ1v) is 12.2. The molecule has 0 bridgehead atoms. The van der Waals surface area contributed by atoms with Gasteiger partial charge in [-0.1, -0.05) is 49.4 Å². The van der Waals surface area contributed by atoms with Gasteiger partial charge in [-0.05, 0) is 66.6 Å². The van der Waals surface area contributed by atoms with E-state index in [2.05, 4.69) is 0 Å². The van der Waals surface area contributed by atoms with E-state index < -0.39 is 12.1 Å². The average molecular weight is 499 g/mol. The van der Waals surface area contributed by atoms with Gasteiger partial charge in [-0.25, -0.2) is 4.79 Å². The zero-order chi connectivity index (χ0) is 25.9. The summed E-state index contributed by atoms with van der Waals surface area (Å²) < 4.78 is 28.8. The number of carbonyl (C=O) groups excluding carboxylic acids is 1. The summed E-state index contributed by atoms with van der Waals surface area (Å²) in [5, 5.41) is 0. The van der Waals surface area contributed by atoms with Crippen LogP contribution >= 0.6 is 0 Å². The van der Waals surface area contributed by atoms with Crippen LogP contribution in [0.15, 0.2) is 103 Å². The Morgan fingerprint density at radius 1 is 0.703 bits per heavy atom. The average Bonchev–Trinajstić information content (AvgIpc) is 2.94. The van der Waals surface area contributed by atoms with E-state index >= 15 is 0 Å². The number of methoxy groups -OCH3 is 1. The minimum atomic E-state index is -0.819. The van der Waals surface area contributed by atoms with E-state index in [1.165, 1.54) is 7.11 Å². The minimum Gasteiger partial charge on any atom is -0.493 e. The Hall–Kier alpha value is -4.45. The van der Waals surface area contributed by atoms with Gasteiger partial charge in [-0.2, -0.15) is 0 Å². The minimum absolute atomic E-state index is 0.284. The lowest BCUT2D eigenvalue weighted by molar-refractivity contribution is -0.148. The monoisotopic (exact) mass is 498 g/mol. The fourth-order valence-corrected chi connectivity index (χ4v) is 3.62. The van der Waals surface area contributed by atoms with Gasteiger partial charge in [0.25, 0.3) is 0 Å². The summed E-state index contributed by atoms with van der Waals surface area (Å²) in [5.74, 6) is 3.53. The molecule has 0 saturated heterocycles. The Bertz CT molecular complexity index is 1260. The maximum atomic E-state index is 12.5. The van der Waals surface area contributed by atoms with E-state index in [1.54, 1.807) is 12.1 Å². The highest BCUT2D eigenvalue weighted by molar-refractivity contribution is 5.75. The summed E-state index contributed by atoms with van der Waals surface area (Å²) in [5.41, 5.74) is 0.818. The van der Waals surface area contributed by atoms with Crippen molar-refractivity contribution in [1.82, 2.24) is 0 Å². The number of para-hydroxylation sites is 2. The summed E-state index contributed by atoms with van der Waals surface area (Å²) in [7, 11) is 1.35. The topological polar surface area (TPSA) is 63.2 Å². The molecule has 0 aliphatic heterocycles. The Kier molecular flexibility index (Phi) is 9.02. The molecule has 1 unspecified atom stereocenters. The van der Waals surface area contributed by atoms with E-state index in [0.29, 0.717) is 35.4 Å². The second-order valence-electron chi connectivity index (χ2n) is 8.25. The molecule has 0 aromatic heterocycles. The number of hydrogen-bond acceptors (Lipinski definition) is 6. The zero-order valence-electron chi connectivity index (χ0n) is 21.0. The Morgan fingerprint density at radius 3 is 1.84 bits per heavy atom. The van der Waals surface area contributed by atoms with Crippen LogP contribution in [-0.2, 0) is 16.0 Å². The highest BCUT2D eigenvalue weighted by Gasteiger charge is 2.24. The third-order valence-electron chi connectivity index (χ3n) is 5.43. The van der Waals surface area contributed by atoms with Crippen molar-refractivity contribution >= 4 is 5.97 Å². The van der Waals surface area contributed by atoms with Crippen molar-refractivity contribution in [2.75, 3.05) is 13.7 Å². The van der Waals surface area contributed by atoms with Crippen LogP contribution in [0.2, 0.25) is 0 Å². The highest BCUT2D eigenvalue weighted by Crippen LogP contribution is 2.32. The lowest BCUT2D eigenvalue weighted by Crippen LogP contribution is -2.31. The van der Waals surface area contributed by atoms with Crippen LogP contribution in [0.4, 0.5) is 0 Å². The van der Waals surface area contributed by atoms with Crippen molar-refractivity contribution in [2.45, 2.75) is 25.9 Å². The summed E-state index contributed by atoms with van der Waals surface area (Å²) in [6.07, 6.45) is 0.307. The van der Waals surface area contributed by atoms with Gasteiger partial charge in [0.1, 0.15) is 34.5 Å². The fourth-order valence-electron chi connectivity index (χ4n) is 3.62. The molecule has 4 rings (SSSR count). The summed E-state index contributed by atoms with van der Waals surface area (Å²) in [6, 6.07) is 31.8. The summed E-state index contributed by atoms with van der Waals surface area (Å²) >= 11 is 0. The van der Waals surface area contributed by atoms with E-state index in [4.69, 9.17) is 23.7 Å². The van der Waals surface area contributed by atoms with Crippen LogP contribution in [0.3, 0.4) is 0 Å². The maximum absolute atomic E-state index is 12.5. The lowest BCUT2D eigenvalue weighted by Gasteiger charge is -2.19. The van der Waals surface area contributed by atoms with Crippen LogP contribution in [0.25, 0.3) is 0 Å². The molecule has 0 amide bonds. The first kappa shape index (κ1) is 25.6. The van der Waals surface area contributed by atoms with Crippen LogP contribution in [-0.4, -0.2) is 25.8 Å². The standard InChI is InChI=1S/C31H30O6/c1-3-20-34-29-22-28(36-27-18-16-26(17-19-27)35-24-10-6-4-7-11-24)15-14-23(29)21-30(31(32)33-2)37-25-12-8-5-9-13-25/h4-19,22,30H,3,20-21H2,1-2H3. The number of benzene rings is 4. The normalized spacial score (nSPS) is 11.3. The smallest absolute Gasteiger partial charge is 0.347 e. The molecule has 0 aliphatic carbocycles. The van der Waals surface area contributed by atoms with Gasteiger partial charge in [0.2, 0.25) is 0 Å². The quantitative estimate of drug-likeness (QED) is 0.192. The third kappa shape index (κ3) is 7.51. The van der Waals surface area contributed by atoms with Crippen molar-refractivity contribution in [3.8, 4) is 34.5 Å². The Labute approximate surface area is 217 Å². The molecule has 1 atom stereocenters. The van der Waals surface area contributed by atoms with E-state index in [9.17, 15) is 4.79 Å². The second-order valence-corrected chi connectivity index (χ2v) is 8.25. The molecule has 37 heavy (non-hydrogen) atoms. The van der Waals surface area contributed by atoms with Crippen molar-refractivity contribution in [1.29, 1.82) is 0 Å². The lowest BCUT2D eigenvalue weighted by atomic mass is 10.1. The second kappa shape index (κ2) is 13.0.